The summed E-state index contributed by atoms with van der Waals surface area (Å²) in [5.74, 6) is 0.656. The number of rotatable bonds is 4. The van der Waals surface area contributed by atoms with Crippen molar-refractivity contribution in [3.05, 3.63) is 64.9 Å². The highest BCUT2D eigenvalue weighted by Crippen LogP contribution is 2.26. The van der Waals surface area contributed by atoms with Crippen LogP contribution in [0.25, 0.3) is 11.4 Å². The van der Waals surface area contributed by atoms with Crippen LogP contribution in [0.2, 0.25) is 5.02 Å². The Hall–Kier alpha value is -3.92. The molecule has 0 saturated carbocycles. The van der Waals surface area contributed by atoms with Gasteiger partial charge >= 0.3 is 0 Å². The first-order chi connectivity index (χ1) is 19.2. The molecule has 1 aliphatic rings. The summed E-state index contributed by atoms with van der Waals surface area (Å²) < 4.78 is 7.19. The third-order valence-electron chi connectivity index (χ3n) is 6.84. The normalized spacial score (nSPS) is 18.9. The van der Waals surface area contributed by atoms with E-state index in [-0.39, 0.29) is 36.6 Å². The highest BCUT2D eigenvalue weighted by Gasteiger charge is 2.29. The van der Waals surface area contributed by atoms with Crippen LogP contribution in [0.4, 0.5) is 0 Å². The van der Waals surface area contributed by atoms with Crippen LogP contribution in [0.3, 0.4) is 0 Å². The first kappa shape index (κ1) is 29.1. The summed E-state index contributed by atoms with van der Waals surface area (Å²) in [6.45, 7) is 6.55. The lowest BCUT2D eigenvalue weighted by Crippen LogP contribution is -2.47. The van der Waals surface area contributed by atoms with E-state index in [1.54, 1.807) is 34.7 Å². The van der Waals surface area contributed by atoms with Crippen LogP contribution in [0, 0.1) is 5.92 Å². The molecular weight excluding hydrogens is 532 g/mol. The second kappa shape index (κ2) is 13.0. The predicted octanol–water partition coefficient (Wildman–Crippen LogP) is 3.86. The Morgan fingerprint density at radius 1 is 1.07 bits per heavy atom. The van der Waals surface area contributed by atoms with Gasteiger partial charge in [-0.15, -0.1) is 0 Å². The molecule has 0 radical (unpaired) electrons. The fourth-order valence-electron chi connectivity index (χ4n) is 4.62. The second-order valence-electron chi connectivity index (χ2n) is 10.1. The highest BCUT2D eigenvalue weighted by molar-refractivity contribution is 6.31. The Morgan fingerprint density at radius 2 is 1.82 bits per heavy atom. The summed E-state index contributed by atoms with van der Waals surface area (Å²) in [4.78, 5) is 45.9. The molecule has 2 N–H and O–H groups in total. The number of nitrogens with one attached hydrogen (secondary N) is 2. The van der Waals surface area contributed by atoms with Gasteiger partial charge in [0.15, 0.2) is 11.6 Å². The van der Waals surface area contributed by atoms with Crippen LogP contribution in [0.1, 0.15) is 55.8 Å². The molecule has 212 valence electrons. The van der Waals surface area contributed by atoms with Gasteiger partial charge in [-0.3, -0.25) is 14.4 Å². The largest absolute Gasteiger partial charge is 0.496 e. The molecule has 0 spiro atoms. The SMILES string of the molecule is COc1ccc(Cl)cc1C(=O)N1CCCC(=O)N[C@H](C)C(=O)N[C@@H](C(C)C)c2nc(-c3ccccc3)nn2CC1. The lowest BCUT2D eigenvalue weighted by molar-refractivity contribution is -0.129. The average molecular weight is 567 g/mol. The highest BCUT2D eigenvalue weighted by atomic mass is 35.5. The Morgan fingerprint density at radius 3 is 2.52 bits per heavy atom. The molecule has 4 rings (SSSR count). The zero-order chi connectivity index (χ0) is 28.8. The Bertz CT molecular complexity index is 1360. The van der Waals surface area contributed by atoms with Crippen molar-refractivity contribution in [2.24, 2.45) is 5.92 Å². The number of benzene rings is 2. The van der Waals surface area contributed by atoms with Crippen LogP contribution in [-0.2, 0) is 16.1 Å². The smallest absolute Gasteiger partial charge is 0.257 e. The number of fused-ring (bicyclic) bond motifs is 1. The summed E-state index contributed by atoms with van der Waals surface area (Å²) in [5.41, 5.74) is 1.18. The number of ether oxygens (including phenoxy) is 1. The number of halogens is 1. The fourth-order valence-corrected chi connectivity index (χ4v) is 4.80. The lowest BCUT2D eigenvalue weighted by Gasteiger charge is -2.27. The molecule has 2 atom stereocenters. The number of carbonyl (C=O) groups excluding carboxylic acids is 3. The van der Waals surface area contributed by atoms with Gasteiger partial charge in [0, 0.05) is 30.1 Å². The minimum absolute atomic E-state index is 0.0280. The maximum Gasteiger partial charge on any atom is 0.257 e. The Kier molecular flexibility index (Phi) is 9.42. The third-order valence-corrected chi connectivity index (χ3v) is 7.07. The molecule has 11 heteroatoms. The third kappa shape index (κ3) is 6.80. The first-order valence-corrected chi connectivity index (χ1v) is 13.8. The van der Waals surface area contributed by atoms with Crippen molar-refractivity contribution in [3.63, 3.8) is 0 Å². The topological polar surface area (TPSA) is 118 Å². The number of carbonyl (C=O) groups is 3. The van der Waals surface area contributed by atoms with Crippen molar-refractivity contribution in [2.45, 2.75) is 52.2 Å². The van der Waals surface area contributed by atoms with Crippen molar-refractivity contribution in [2.75, 3.05) is 20.2 Å². The van der Waals surface area contributed by atoms with Gasteiger partial charge in [-0.25, -0.2) is 9.67 Å². The zero-order valence-corrected chi connectivity index (χ0v) is 23.9. The van der Waals surface area contributed by atoms with Gasteiger partial charge in [0.2, 0.25) is 11.8 Å². The molecule has 3 aromatic rings. The van der Waals surface area contributed by atoms with Crippen molar-refractivity contribution >= 4 is 29.3 Å². The molecule has 0 fully saturated rings. The molecule has 3 amide bonds. The van der Waals surface area contributed by atoms with Gasteiger partial charge < -0.3 is 20.3 Å². The minimum Gasteiger partial charge on any atom is -0.496 e. The van der Waals surface area contributed by atoms with E-state index in [0.29, 0.717) is 47.5 Å². The number of methoxy groups -OCH3 is 1. The van der Waals surface area contributed by atoms with E-state index in [0.717, 1.165) is 5.56 Å². The maximum atomic E-state index is 13.7. The van der Waals surface area contributed by atoms with E-state index in [2.05, 4.69) is 10.6 Å². The van der Waals surface area contributed by atoms with Crippen molar-refractivity contribution in [1.29, 1.82) is 0 Å². The molecule has 1 aliphatic heterocycles. The summed E-state index contributed by atoms with van der Waals surface area (Å²) in [6.07, 6.45) is 0.567. The maximum absolute atomic E-state index is 13.7. The van der Waals surface area contributed by atoms with Crippen LogP contribution >= 0.6 is 11.6 Å². The monoisotopic (exact) mass is 566 g/mol. The van der Waals surface area contributed by atoms with E-state index >= 15 is 0 Å². The van der Waals surface area contributed by atoms with Crippen molar-refractivity contribution in [1.82, 2.24) is 30.3 Å². The molecule has 2 heterocycles. The molecule has 0 aliphatic carbocycles. The van der Waals surface area contributed by atoms with E-state index in [4.69, 9.17) is 26.4 Å². The summed E-state index contributed by atoms with van der Waals surface area (Å²) >= 11 is 6.22. The molecule has 0 saturated heterocycles. The molecular formula is C29H35ClN6O4. The quantitative estimate of drug-likeness (QED) is 0.495. The van der Waals surface area contributed by atoms with E-state index in [1.165, 1.54) is 7.11 Å². The Labute approximate surface area is 239 Å². The van der Waals surface area contributed by atoms with Crippen molar-refractivity contribution in [3.8, 4) is 17.1 Å². The van der Waals surface area contributed by atoms with Crippen LogP contribution in [0.15, 0.2) is 48.5 Å². The number of hydrogen-bond donors (Lipinski definition) is 2. The zero-order valence-electron chi connectivity index (χ0n) is 23.2. The van der Waals surface area contributed by atoms with Crippen LogP contribution in [0.5, 0.6) is 5.75 Å². The van der Waals surface area contributed by atoms with E-state index in [9.17, 15) is 14.4 Å². The molecule has 0 unspecified atom stereocenters. The number of aromatic nitrogens is 3. The summed E-state index contributed by atoms with van der Waals surface area (Å²) in [6, 6.07) is 13.3. The number of nitrogens with zero attached hydrogens (tertiary/aromatic N) is 4. The van der Waals surface area contributed by atoms with Gasteiger partial charge in [-0.2, -0.15) is 5.10 Å². The fraction of sp³-hybridized carbons (Fsp3) is 0.414. The summed E-state index contributed by atoms with van der Waals surface area (Å²) in [7, 11) is 1.50. The molecule has 0 bridgehead atoms. The van der Waals surface area contributed by atoms with Gasteiger partial charge in [0.05, 0.1) is 25.3 Å². The van der Waals surface area contributed by atoms with Crippen LogP contribution in [-0.4, -0.2) is 63.6 Å². The van der Waals surface area contributed by atoms with Crippen molar-refractivity contribution < 1.29 is 19.1 Å². The molecule has 40 heavy (non-hydrogen) atoms. The minimum atomic E-state index is -0.741. The standard InChI is InChI=1S/C29H35ClN6O4/c1-18(2)25-27-33-26(20-9-6-5-7-10-20)34-36(27)16-15-35(14-8-11-24(37)31-19(3)28(38)32-25)29(39)22-17-21(30)12-13-23(22)40-4/h5-7,9-10,12-13,17-19,25H,8,11,14-16H2,1-4H3,(H,31,37)(H,32,38)/t19-,25+/m1/s1. The van der Waals surface area contributed by atoms with Gasteiger partial charge in [-0.1, -0.05) is 55.8 Å². The van der Waals surface area contributed by atoms with Crippen LogP contribution < -0.4 is 15.4 Å². The first-order valence-electron chi connectivity index (χ1n) is 13.4. The molecule has 10 nitrogen and oxygen atoms in total. The predicted molar refractivity (Wildman–Crippen MR) is 152 cm³/mol. The molecule has 2 aromatic carbocycles. The number of amides is 3. The number of hydrogen-bond acceptors (Lipinski definition) is 6. The van der Waals surface area contributed by atoms with E-state index < -0.39 is 12.1 Å². The van der Waals surface area contributed by atoms with Gasteiger partial charge in [0.25, 0.3) is 5.91 Å². The lowest BCUT2D eigenvalue weighted by atomic mass is 10.0. The average Bonchev–Trinajstić information content (AvgIpc) is 3.36. The molecule has 1 aromatic heterocycles. The van der Waals surface area contributed by atoms with E-state index in [1.807, 2.05) is 44.2 Å². The van der Waals surface area contributed by atoms with Gasteiger partial charge in [-0.05, 0) is 37.5 Å². The Balaban J connectivity index is 1.75. The summed E-state index contributed by atoms with van der Waals surface area (Å²) in [5, 5.41) is 11.0. The second-order valence-corrected chi connectivity index (χ2v) is 10.6. The van der Waals surface area contributed by atoms with Gasteiger partial charge in [0.1, 0.15) is 11.8 Å².